The van der Waals surface area contributed by atoms with Crippen LogP contribution in [0.5, 0.6) is 0 Å². The molecule has 0 bridgehead atoms. The smallest absolute Gasteiger partial charge is 0.303 e. The van der Waals surface area contributed by atoms with E-state index in [0.717, 1.165) is 32.1 Å². The molecule has 2 N–H and O–H groups in total. The Bertz CT molecular complexity index is 436. The highest BCUT2D eigenvalue weighted by Crippen LogP contribution is 2.38. The largest absolute Gasteiger partial charge is 0.512 e. The molecule has 2 atom stereocenters. The van der Waals surface area contributed by atoms with Gasteiger partial charge in [-0.3, -0.25) is 4.79 Å². The topological polar surface area (TPSA) is 57.5 Å². The summed E-state index contributed by atoms with van der Waals surface area (Å²) < 4.78 is 0. The van der Waals surface area contributed by atoms with Crippen molar-refractivity contribution in [1.29, 1.82) is 0 Å². The van der Waals surface area contributed by atoms with Crippen LogP contribution in [0.1, 0.15) is 37.0 Å². The van der Waals surface area contributed by atoms with E-state index < -0.39 is 5.97 Å². The Kier molecular flexibility index (Phi) is 5.02. The second-order valence-electron chi connectivity index (χ2n) is 5.14. The third-order valence-electron chi connectivity index (χ3n) is 3.80. The van der Waals surface area contributed by atoms with Crippen molar-refractivity contribution in [3.05, 3.63) is 34.2 Å². The summed E-state index contributed by atoms with van der Waals surface area (Å²) in [5.74, 6) is -0.196. The second-order valence-corrected chi connectivity index (χ2v) is 6.17. The number of hydrogen-bond donors (Lipinski definition) is 2. The first kappa shape index (κ1) is 14.1. The molecule has 1 aromatic heterocycles. The molecule has 0 aromatic carbocycles. The number of carbonyl (C=O) groups is 1. The molecule has 1 aliphatic carbocycles. The van der Waals surface area contributed by atoms with Gasteiger partial charge >= 0.3 is 5.97 Å². The predicted molar refractivity (Wildman–Crippen MR) is 76.4 cm³/mol. The van der Waals surface area contributed by atoms with Gasteiger partial charge in [0.2, 0.25) is 0 Å². The molecule has 0 unspecified atom stereocenters. The van der Waals surface area contributed by atoms with E-state index >= 15 is 0 Å². The zero-order valence-electron chi connectivity index (χ0n) is 10.9. The molecular formula is C15H20O3S. The lowest BCUT2D eigenvalue weighted by Crippen LogP contribution is -2.14. The van der Waals surface area contributed by atoms with E-state index in [-0.39, 0.29) is 18.3 Å². The molecule has 0 aliphatic heterocycles. The highest BCUT2D eigenvalue weighted by Gasteiger charge is 2.31. The van der Waals surface area contributed by atoms with Crippen molar-refractivity contribution < 1.29 is 15.0 Å². The lowest BCUT2D eigenvalue weighted by Gasteiger charge is -2.17. The summed E-state index contributed by atoms with van der Waals surface area (Å²) in [7, 11) is 0. The van der Waals surface area contributed by atoms with Crippen molar-refractivity contribution in [3.63, 3.8) is 0 Å². The third kappa shape index (κ3) is 4.10. The van der Waals surface area contributed by atoms with Gasteiger partial charge in [0.1, 0.15) is 0 Å². The molecule has 1 saturated carbocycles. The summed E-state index contributed by atoms with van der Waals surface area (Å²) in [6.07, 6.45) is 6.67. The summed E-state index contributed by atoms with van der Waals surface area (Å²) in [6, 6.07) is 4.13. The first-order valence-corrected chi connectivity index (χ1v) is 7.68. The van der Waals surface area contributed by atoms with Crippen molar-refractivity contribution >= 4 is 17.3 Å². The van der Waals surface area contributed by atoms with Crippen LogP contribution in [-0.4, -0.2) is 16.2 Å². The lowest BCUT2D eigenvalue weighted by atomic mass is 9.90. The van der Waals surface area contributed by atoms with Gasteiger partial charge in [-0.05, 0) is 49.1 Å². The van der Waals surface area contributed by atoms with E-state index in [1.807, 2.05) is 12.1 Å². The van der Waals surface area contributed by atoms with Crippen molar-refractivity contribution in [1.82, 2.24) is 0 Å². The van der Waals surface area contributed by atoms with E-state index in [1.54, 1.807) is 11.3 Å². The van der Waals surface area contributed by atoms with Crippen LogP contribution in [0.4, 0.5) is 0 Å². The molecule has 1 aromatic rings. The highest BCUT2D eigenvalue weighted by atomic mass is 32.1. The highest BCUT2D eigenvalue weighted by molar-refractivity contribution is 7.09. The Balaban J connectivity index is 1.86. The maximum atomic E-state index is 10.8. The minimum atomic E-state index is -0.761. The summed E-state index contributed by atoms with van der Waals surface area (Å²) >= 11 is 1.73. The molecule has 19 heavy (non-hydrogen) atoms. The van der Waals surface area contributed by atoms with Crippen molar-refractivity contribution in [2.75, 3.05) is 0 Å². The molecule has 1 fully saturated rings. The number of rotatable bonds is 6. The minimum Gasteiger partial charge on any atom is -0.512 e. The van der Waals surface area contributed by atoms with E-state index in [9.17, 15) is 9.90 Å². The Morgan fingerprint density at radius 3 is 2.95 bits per heavy atom. The Morgan fingerprint density at radius 1 is 1.42 bits per heavy atom. The van der Waals surface area contributed by atoms with Crippen LogP contribution in [0.2, 0.25) is 0 Å². The summed E-state index contributed by atoms with van der Waals surface area (Å²) in [4.78, 5) is 12.1. The fourth-order valence-electron chi connectivity index (χ4n) is 2.86. The Labute approximate surface area is 117 Å². The van der Waals surface area contributed by atoms with Crippen LogP contribution >= 0.6 is 11.3 Å². The second kappa shape index (κ2) is 6.75. The average molecular weight is 280 g/mol. The molecule has 0 radical (unpaired) electrons. The number of aryl methyl sites for hydroxylation is 1. The fraction of sp³-hybridized carbons (Fsp3) is 0.533. The standard InChI is InChI=1S/C15H20O3S/c16-14(8-2-5-12-6-3-9-19-12)13-7-1-4-11(13)10-15(17)18/h3,6,8-9,11,13,16H,1-2,4-5,7,10H2,(H,17,18)/b14-8+/t11-,13+/m1/s1. The summed E-state index contributed by atoms with van der Waals surface area (Å²) in [5, 5.41) is 21.1. The quantitative estimate of drug-likeness (QED) is 0.774. The van der Waals surface area contributed by atoms with Crippen LogP contribution < -0.4 is 0 Å². The molecule has 0 spiro atoms. The average Bonchev–Trinajstić information content (AvgIpc) is 2.99. The number of allylic oxidation sites excluding steroid dienone is 2. The Morgan fingerprint density at radius 2 is 2.26 bits per heavy atom. The number of carboxylic acids is 1. The van der Waals surface area contributed by atoms with Gasteiger partial charge in [0.25, 0.3) is 0 Å². The molecule has 0 saturated heterocycles. The summed E-state index contributed by atoms with van der Waals surface area (Å²) in [6.45, 7) is 0. The van der Waals surface area contributed by atoms with Crippen molar-refractivity contribution in [2.24, 2.45) is 11.8 Å². The van der Waals surface area contributed by atoms with Crippen LogP contribution in [-0.2, 0) is 11.2 Å². The van der Waals surface area contributed by atoms with Crippen molar-refractivity contribution in [2.45, 2.75) is 38.5 Å². The molecule has 0 amide bonds. The Hall–Kier alpha value is -1.29. The van der Waals surface area contributed by atoms with Crippen LogP contribution in [0.15, 0.2) is 29.3 Å². The number of aliphatic hydroxyl groups is 1. The molecule has 1 heterocycles. The molecular weight excluding hydrogens is 260 g/mol. The van der Waals surface area contributed by atoms with Gasteiger partial charge in [-0.1, -0.05) is 12.5 Å². The number of carboxylic acid groups (broad SMARTS) is 1. The van der Waals surface area contributed by atoms with Gasteiger partial charge in [-0.25, -0.2) is 0 Å². The number of aliphatic carboxylic acids is 1. The van der Waals surface area contributed by atoms with Crippen molar-refractivity contribution in [3.8, 4) is 0 Å². The molecule has 4 heteroatoms. The maximum Gasteiger partial charge on any atom is 0.303 e. The number of hydrogen-bond acceptors (Lipinski definition) is 3. The van der Waals surface area contributed by atoms with E-state index in [4.69, 9.17) is 5.11 Å². The maximum absolute atomic E-state index is 10.8. The fourth-order valence-corrected chi connectivity index (χ4v) is 3.59. The monoisotopic (exact) mass is 280 g/mol. The zero-order valence-corrected chi connectivity index (χ0v) is 11.7. The minimum absolute atomic E-state index is 0.0550. The zero-order chi connectivity index (χ0) is 13.7. The van der Waals surface area contributed by atoms with Gasteiger partial charge in [0.05, 0.1) is 5.76 Å². The molecule has 104 valence electrons. The normalized spacial score (nSPS) is 23.7. The lowest BCUT2D eigenvalue weighted by molar-refractivity contribution is -0.138. The first-order chi connectivity index (χ1) is 9.16. The first-order valence-electron chi connectivity index (χ1n) is 6.80. The van der Waals surface area contributed by atoms with Gasteiger partial charge in [-0.15, -0.1) is 11.3 Å². The summed E-state index contributed by atoms with van der Waals surface area (Å²) in [5.41, 5.74) is 0. The van der Waals surface area contributed by atoms with Crippen LogP contribution in [0, 0.1) is 11.8 Å². The van der Waals surface area contributed by atoms with E-state index in [0.29, 0.717) is 5.76 Å². The van der Waals surface area contributed by atoms with Gasteiger partial charge in [0.15, 0.2) is 0 Å². The van der Waals surface area contributed by atoms with Crippen LogP contribution in [0.25, 0.3) is 0 Å². The molecule has 2 rings (SSSR count). The molecule has 1 aliphatic rings. The number of thiophene rings is 1. The molecule has 3 nitrogen and oxygen atoms in total. The third-order valence-corrected chi connectivity index (χ3v) is 4.74. The van der Waals surface area contributed by atoms with Gasteiger partial charge in [-0.2, -0.15) is 0 Å². The van der Waals surface area contributed by atoms with Gasteiger partial charge in [0, 0.05) is 17.2 Å². The SMILES string of the molecule is O=C(O)C[C@H]1CCC[C@@H]1/C(O)=C\CCc1cccs1. The van der Waals surface area contributed by atoms with E-state index in [2.05, 4.69) is 11.4 Å². The number of aliphatic hydroxyl groups excluding tert-OH is 1. The van der Waals surface area contributed by atoms with E-state index in [1.165, 1.54) is 4.88 Å². The van der Waals surface area contributed by atoms with Crippen LogP contribution in [0.3, 0.4) is 0 Å². The van der Waals surface area contributed by atoms with Gasteiger partial charge < -0.3 is 10.2 Å². The predicted octanol–water partition coefficient (Wildman–Crippen LogP) is 4.01.